The van der Waals surface area contributed by atoms with Crippen LogP contribution < -0.4 is 19.7 Å². The Labute approximate surface area is 207 Å². The van der Waals surface area contributed by atoms with E-state index >= 15 is 0 Å². The fourth-order valence-electron chi connectivity index (χ4n) is 4.25. The lowest BCUT2D eigenvalue weighted by molar-refractivity contribution is 0.394. The van der Waals surface area contributed by atoms with Gasteiger partial charge in [-0.3, -0.25) is 4.98 Å². The molecule has 1 aliphatic rings. The van der Waals surface area contributed by atoms with Crippen LogP contribution in [0.1, 0.15) is 23.5 Å². The number of thiocarbonyl (C=S) groups is 1. The molecule has 1 fully saturated rings. The van der Waals surface area contributed by atoms with Crippen LogP contribution in [0.4, 0.5) is 5.69 Å². The molecule has 1 aromatic carbocycles. The second-order valence-corrected chi connectivity index (χ2v) is 8.50. The second kappa shape index (κ2) is 9.32. The smallest absolute Gasteiger partial charge is 0.174 e. The summed E-state index contributed by atoms with van der Waals surface area (Å²) in [7, 11) is 3.26. The summed E-state index contributed by atoms with van der Waals surface area (Å²) in [4.78, 5) is 11.2. The fourth-order valence-corrected chi connectivity index (χ4v) is 4.70. The zero-order valence-corrected chi connectivity index (χ0v) is 20.1. The van der Waals surface area contributed by atoms with Gasteiger partial charge in [0, 0.05) is 30.4 Å². The van der Waals surface area contributed by atoms with Gasteiger partial charge in [-0.25, -0.2) is 4.98 Å². The lowest BCUT2D eigenvalue weighted by Crippen LogP contribution is -2.30. The maximum atomic E-state index is 6.08. The summed E-state index contributed by atoms with van der Waals surface area (Å²) in [6.45, 7) is 0. The van der Waals surface area contributed by atoms with E-state index in [1.807, 2.05) is 65.4 Å². The summed E-state index contributed by atoms with van der Waals surface area (Å²) in [6.07, 6.45) is 5.40. The van der Waals surface area contributed by atoms with Crippen LogP contribution in [-0.2, 0) is 0 Å². The molecule has 2 atom stereocenters. The van der Waals surface area contributed by atoms with E-state index in [4.69, 9.17) is 33.3 Å². The first-order chi connectivity index (χ1) is 16.6. The Morgan fingerprint density at radius 3 is 2.59 bits per heavy atom. The van der Waals surface area contributed by atoms with E-state index in [0.29, 0.717) is 21.6 Å². The molecular formula is C25H22ClN5O2S. The summed E-state index contributed by atoms with van der Waals surface area (Å²) >= 11 is 11.9. The minimum Gasteiger partial charge on any atom is -0.497 e. The largest absolute Gasteiger partial charge is 0.497 e. The highest BCUT2D eigenvalue weighted by Gasteiger charge is 2.43. The fraction of sp³-hybridized carbons (Fsp3) is 0.160. The monoisotopic (exact) mass is 491 g/mol. The number of methoxy groups -OCH3 is 2. The average molecular weight is 492 g/mol. The molecule has 34 heavy (non-hydrogen) atoms. The lowest BCUT2D eigenvalue weighted by Gasteiger charge is -2.30. The standard InChI is InChI=1S/C25H22ClN5O2S/c1-32-17-9-10-19(21(14-17)33-2)31-24(23(29-25(31)34)18-6-3-4-12-27-18)20-7-5-13-30(20)22-11-8-16(26)15-28-22/h3-15,23-24H,1-2H3,(H,29,34)/t23-,24+/m1/s1. The van der Waals surface area contributed by atoms with Crippen molar-refractivity contribution in [1.29, 1.82) is 0 Å². The van der Waals surface area contributed by atoms with Crippen LogP contribution in [0, 0.1) is 0 Å². The van der Waals surface area contributed by atoms with E-state index < -0.39 is 0 Å². The van der Waals surface area contributed by atoms with E-state index in [9.17, 15) is 0 Å². The number of ether oxygens (including phenoxy) is 2. The number of aromatic nitrogens is 3. The van der Waals surface area contributed by atoms with Crippen molar-refractivity contribution in [2.75, 3.05) is 19.1 Å². The SMILES string of the molecule is COc1ccc(N2C(=S)N[C@H](c3ccccn3)[C@@H]2c2cccn2-c2ccc(Cl)cn2)c(OC)c1. The van der Waals surface area contributed by atoms with E-state index in [1.54, 1.807) is 26.6 Å². The Balaban J connectivity index is 1.68. The Hall–Kier alpha value is -3.62. The second-order valence-electron chi connectivity index (χ2n) is 7.67. The molecule has 9 heteroatoms. The van der Waals surface area contributed by atoms with Gasteiger partial charge in [0.25, 0.3) is 0 Å². The van der Waals surface area contributed by atoms with Crippen molar-refractivity contribution in [3.8, 4) is 17.3 Å². The van der Waals surface area contributed by atoms with Crippen LogP contribution in [0.25, 0.3) is 5.82 Å². The molecule has 0 spiro atoms. The maximum Gasteiger partial charge on any atom is 0.174 e. The summed E-state index contributed by atoms with van der Waals surface area (Å²) in [5.74, 6) is 2.10. The molecule has 7 nitrogen and oxygen atoms in total. The van der Waals surface area contributed by atoms with E-state index in [2.05, 4.69) is 26.3 Å². The Kier molecular flexibility index (Phi) is 6.08. The summed E-state index contributed by atoms with van der Waals surface area (Å²) in [5, 5.41) is 4.63. The van der Waals surface area contributed by atoms with Crippen molar-refractivity contribution >= 4 is 34.6 Å². The third-order valence-electron chi connectivity index (χ3n) is 5.79. The number of rotatable bonds is 6. The van der Waals surface area contributed by atoms with Gasteiger partial charge in [0.15, 0.2) is 5.11 Å². The summed E-state index contributed by atoms with van der Waals surface area (Å²) in [5.41, 5.74) is 2.68. The third kappa shape index (κ3) is 3.95. The molecule has 1 aliphatic heterocycles. The van der Waals surface area contributed by atoms with Crippen LogP contribution in [-0.4, -0.2) is 33.9 Å². The van der Waals surface area contributed by atoms with Gasteiger partial charge in [0.2, 0.25) is 0 Å². The van der Waals surface area contributed by atoms with Gasteiger partial charge in [0.1, 0.15) is 23.4 Å². The predicted molar refractivity (Wildman–Crippen MR) is 136 cm³/mol. The molecule has 0 bridgehead atoms. The van der Waals surface area contributed by atoms with Gasteiger partial charge in [0.05, 0.1) is 36.7 Å². The lowest BCUT2D eigenvalue weighted by atomic mass is 10.0. The van der Waals surface area contributed by atoms with Gasteiger partial charge in [-0.15, -0.1) is 0 Å². The first-order valence-electron chi connectivity index (χ1n) is 10.6. The first-order valence-corrected chi connectivity index (χ1v) is 11.4. The molecule has 4 aromatic rings. The normalized spacial score (nSPS) is 17.5. The Bertz CT molecular complexity index is 1310. The number of pyridine rings is 2. The number of nitrogens with one attached hydrogen (secondary N) is 1. The highest BCUT2D eigenvalue weighted by atomic mass is 35.5. The molecule has 0 radical (unpaired) electrons. The van der Waals surface area contributed by atoms with Crippen LogP contribution in [0.15, 0.2) is 79.3 Å². The van der Waals surface area contributed by atoms with Gasteiger partial charge in [-0.2, -0.15) is 0 Å². The molecule has 172 valence electrons. The number of nitrogens with zero attached hydrogens (tertiary/aromatic N) is 4. The quantitative estimate of drug-likeness (QED) is 0.376. The average Bonchev–Trinajstić information content (AvgIpc) is 3.49. The Morgan fingerprint density at radius 2 is 1.88 bits per heavy atom. The van der Waals surface area contributed by atoms with Crippen molar-refractivity contribution in [2.24, 2.45) is 0 Å². The number of anilines is 1. The van der Waals surface area contributed by atoms with Gasteiger partial charge >= 0.3 is 0 Å². The van der Waals surface area contributed by atoms with E-state index in [1.165, 1.54) is 0 Å². The van der Waals surface area contributed by atoms with Crippen LogP contribution in [0.3, 0.4) is 0 Å². The minimum atomic E-state index is -0.239. The van der Waals surface area contributed by atoms with Crippen molar-refractivity contribution in [1.82, 2.24) is 19.9 Å². The van der Waals surface area contributed by atoms with Crippen molar-refractivity contribution < 1.29 is 9.47 Å². The number of halogens is 1. The zero-order chi connectivity index (χ0) is 23.7. The molecule has 3 aromatic heterocycles. The number of benzene rings is 1. The van der Waals surface area contributed by atoms with Crippen molar-refractivity contribution in [3.05, 3.63) is 95.7 Å². The topological polar surface area (TPSA) is 64.4 Å². The molecule has 4 heterocycles. The molecule has 0 amide bonds. The highest BCUT2D eigenvalue weighted by Crippen LogP contribution is 2.45. The van der Waals surface area contributed by atoms with Crippen molar-refractivity contribution in [3.63, 3.8) is 0 Å². The minimum absolute atomic E-state index is 0.207. The highest BCUT2D eigenvalue weighted by molar-refractivity contribution is 7.80. The zero-order valence-electron chi connectivity index (χ0n) is 18.6. The number of hydrogen-bond donors (Lipinski definition) is 1. The number of hydrogen-bond acceptors (Lipinski definition) is 5. The summed E-state index contributed by atoms with van der Waals surface area (Å²) < 4.78 is 13.2. The predicted octanol–water partition coefficient (Wildman–Crippen LogP) is 5.12. The molecular weight excluding hydrogens is 470 g/mol. The molecule has 0 saturated carbocycles. The van der Waals surface area contributed by atoms with Gasteiger partial charge < -0.3 is 24.3 Å². The molecule has 1 N–H and O–H groups in total. The molecule has 1 saturated heterocycles. The van der Waals surface area contributed by atoms with E-state index in [0.717, 1.165) is 22.9 Å². The Morgan fingerprint density at radius 1 is 1.00 bits per heavy atom. The van der Waals surface area contributed by atoms with Gasteiger partial charge in [-0.1, -0.05) is 17.7 Å². The first kappa shape index (κ1) is 22.2. The summed E-state index contributed by atoms with van der Waals surface area (Å²) in [6, 6.07) is 18.9. The van der Waals surface area contributed by atoms with Crippen molar-refractivity contribution in [2.45, 2.75) is 12.1 Å². The van der Waals surface area contributed by atoms with Crippen LogP contribution in [0.2, 0.25) is 5.02 Å². The third-order valence-corrected chi connectivity index (χ3v) is 6.32. The molecule has 5 rings (SSSR count). The van der Waals surface area contributed by atoms with E-state index in [-0.39, 0.29) is 12.1 Å². The maximum absolute atomic E-state index is 6.08. The molecule has 0 unspecified atom stereocenters. The van der Waals surface area contributed by atoms with Gasteiger partial charge in [-0.05, 0) is 60.7 Å². The van der Waals surface area contributed by atoms with Crippen LogP contribution in [0.5, 0.6) is 11.5 Å². The molecule has 0 aliphatic carbocycles. The van der Waals surface area contributed by atoms with Crippen LogP contribution >= 0.6 is 23.8 Å².